The Morgan fingerprint density at radius 3 is 1.65 bits per heavy atom. The summed E-state index contributed by atoms with van der Waals surface area (Å²) >= 11 is 0. The molecule has 0 aliphatic carbocycles. The van der Waals surface area contributed by atoms with E-state index in [0.717, 1.165) is 16.6 Å². The lowest BCUT2D eigenvalue weighted by atomic mass is 10.5. The highest BCUT2D eigenvalue weighted by atomic mass is 33.7. The third-order valence-corrected chi connectivity index (χ3v) is 23.9. The van der Waals surface area contributed by atoms with Crippen molar-refractivity contribution < 1.29 is 0 Å². The van der Waals surface area contributed by atoms with Crippen molar-refractivity contribution in [2.45, 2.75) is 71.5 Å². The largest absolute Gasteiger partial charge is 0.140 e. The normalized spacial score (nSPS) is 13.1. The van der Waals surface area contributed by atoms with Gasteiger partial charge in [0.1, 0.15) is 7.22 Å². The van der Waals surface area contributed by atoms with Crippen LogP contribution in [0.5, 0.6) is 0 Å². The maximum absolute atomic E-state index is 2.43. The van der Waals surface area contributed by atoms with Gasteiger partial charge in [-0.15, -0.1) is 10.2 Å². The number of hydrogen-bond donors (Lipinski definition) is 0. The summed E-state index contributed by atoms with van der Waals surface area (Å²) < 4.78 is 0. The van der Waals surface area contributed by atoms with Crippen molar-refractivity contribution in [3.63, 3.8) is 0 Å². The zero-order valence-electron chi connectivity index (χ0n) is 12.3. The molecular weight excluding hydrogens is 300 g/mol. The summed E-state index contributed by atoms with van der Waals surface area (Å²) in [4.78, 5) is 0. The molecule has 0 fully saturated rings. The molecule has 0 aromatic carbocycles. The lowest BCUT2D eigenvalue weighted by Gasteiger charge is -2.41. The van der Waals surface area contributed by atoms with E-state index in [1.807, 2.05) is 30.4 Å². The Balaban J connectivity index is 4.38. The first-order valence-electron chi connectivity index (χ1n) is 6.53. The Bertz CT molecular complexity index is 173. The second kappa shape index (κ2) is 9.51. The first-order chi connectivity index (χ1) is 7.89. The van der Waals surface area contributed by atoms with Gasteiger partial charge < -0.3 is 0 Å². The van der Waals surface area contributed by atoms with Crippen LogP contribution in [0.3, 0.4) is 0 Å². The standard InChI is InChI=1S/C12H28S4Si/c1-8-9-13-14-15-16-17(10(2)3,11(4)5)12(6)7/h10-12H,8-9H2,1-7H3. The number of rotatable bonds is 9. The van der Waals surface area contributed by atoms with Crippen LogP contribution in [0.1, 0.15) is 54.9 Å². The fourth-order valence-electron chi connectivity index (χ4n) is 2.50. The van der Waals surface area contributed by atoms with Crippen LogP contribution in [0.25, 0.3) is 0 Å². The summed E-state index contributed by atoms with van der Waals surface area (Å²) in [6.45, 7) is 16.9. The lowest BCUT2D eigenvalue weighted by Crippen LogP contribution is -2.40. The third-order valence-electron chi connectivity index (χ3n) is 3.25. The van der Waals surface area contributed by atoms with Gasteiger partial charge in [0, 0.05) is 5.75 Å². The van der Waals surface area contributed by atoms with E-state index < -0.39 is 7.22 Å². The van der Waals surface area contributed by atoms with E-state index in [1.165, 1.54) is 12.2 Å². The molecule has 0 aliphatic heterocycles. The van der Waals surface area contributed by atoms with Crippen LogP contribution in [0.4, 0.5) is 0 Å². The van der Waals surface area contributed by atoms with Crippen LogP contribution in [-0.2, 0) is 0 Å². The second-order valence-corrected chi connectivity index (χ2v) is 19.7. The van der Waals surface area contributed by atoms with Crippen LogP contribution in [0, 0.1) is 0 Å². The molecule has 5 heteroatoms. The van der Waals surface area contributed by atoms with Crippen LogP contribution < -0.4 is 0 Å². The molecule has 0 aliphatic rings. The van der Waals surface area contributed by atoms with E-state index >= 15 is 0 Å². The molecule has 0 atom stereocenters. The SMILES string of the molecule is CCCSSSS[Si](C(C)C)(C(C)C)C(C)C. The molecule has 104 valence electrons. The average molecular weight is 329 g/mol. The predicted molar refractivity (Wildman–Crippen MR) is 96.6 cm³/mol. The van der Waals surface area contributed by atoms with Gasteiger partial charge >= 0.3 is 0 Å². The molecule has 0 N–H and O–H groups in total. The summed E-state index contributed by atoms with van der Waals surface area (Å²) in [5.41, 5.74) is 2.57. The molecule has 0 nitrogen and oxygen atoms in total. The van der Waals surface area contributed by atoms with Gasteiger partial charge in [0.2, 0.25) is 0 Å². The molecule has 0 rings (SSSR count). The fourth-order valence-corrected chi connectivity index (χ4v) is 25.2. The van der Waals surface area contributed by atoms with Crippen LogP contribution >= 0.6 is 40.7 Å². The first-order valence-corrected chi connectivity index (χ1v) is 14.5. The molecule has 0 radical (unpaired) electrons. The van der Waals surface area contributed by atoms with Crippen molar-refractivity contribution in [2.24, 2.45) is 0 Å². The highest BCUT2D eigenvalue weighted by molar-refractivity contribution is 9.29. The van der Waals surface area contributed by atoms with Crippen molar-refractivity contribution in [3.8, 4) is 0 Å². The molecule has 0 heterocycles. The molecule has 0 saturated heterocycles. The molecule has 0 saturated carbocycles. The van der Waals surface area contributed by atoms with Gasteiger partial charge in [-0.25, -0.2) is 0 Å². The molecule has 0 spiro atoms. The van der Waals surface area contributed by atoms with Crippen molar-refractivity contribution in [3.05, 3.63) is 0 Å². The predicted octanol–water partition coefficient (Wildman–Crippen LogP) is 7.25. The van der Waals surface area contributed by atoms with Crippen molar-refractivity contribution >= 4 is 47.9 Å². The smallest absolute Gasteiger partial charge is 0.108 e. The molecule has 17 heavy (non-hydrogen) atoms. The monoisotopic (exact) mass is 328 g/mol. The lowest BCUT2D eigenvalue weighted by molar-refractivity contribution is 0.852. The maximum atomic E-state index is 2.43. The maximum Gasteiger partial charge on any atom is 0.140 e. The van der Waals surface area contributed by atoms with E-state index in [9.17, 15) is 0 Å². The number of hydrogen-bond acceptors (Lipinski definition) is 4. The van der Waals surface area contributed by atoms with Gasteiger partial charge in [0.25, 0.3) is 0 Å². The van der Waals surface area contributed by atoms with Crippen LogP contribution in [-0.4, -0.2) is 13.0 Å². The summed E-state index contributed by atoms with van der Waals surface area (Å²) in [7, 11) is 7.04. The first kappa shape index (κ1) is 18.6. The molecule has 0 unspecified atom stereocenters. The van der Waals surface area contributed by atoms with E-state index in [0.29, 0.717) is 0 Å². The van der Waals surface area contributed by atoms with Crippen LogP contribution in [0.2, 0.25) is 16.6 Å². The molecule has 0 aromatic rings. The molecule has 0 amide bonds. The van der Waals surface area contributed by atoms with E-state index in [4.69, 9.17) is 0 Å². The molecule has 0 bridgehead atoms. The minimum atomic E-state index is -1.24. The molecule has 0 aromatic heterocycles. The van der Waals surface area contributed by atoms with Gasteiger partial charge in [-0.2, -0.15) is 0 Å². The van der Waals surface area contributed by atoms with Gasteiger partial charge in [-0.1, -0.05) is 59.3 Å². The van der Waals surface area contributed by atoms with Crippen LogP contribution in [0.15, 0.2) is 0 Å². The van der Waals surface area contributed by atoms with E-state index in [1.54, 1.807) is 0 Å². The minimum absolute atomic E-state index is 0.858. The topological polar surface area (TPSA) is 0 Å². The highest BCUT2D eigenvalue weighted by Gasteiger charge is 2.44. The Hall–Kier alpha value is 1.62. The van der Waals surface area contributed by atoms with Gasteiger partial charge in [-0.3, -0.25) is 0 Å². The quantitative estimate of drug-likeness (QED) is 0.248. The Morgan fingerprint density at radius 2 is 1.29 bits per heavy atom. The van der Waals surface area contributed by atoms with Gasteiger partial charge in [0.15, 0.2) is 0 Å². The van der Waals surface area contributed by atoms with E-state index in [2.05, 4.69) is 58.7 Å². The van der Waals surface area contributed by atoms with Crippen molar-refractivity contribution in [2.75, 3.05) is 5.75 Å². The van der Waals surface area contributed by atoms with Crippen molar-refractivity contribution in [1.29, 1.82) is 0 Å². The second-order valence-electron chi connectivity index (χ2n) is 5.36. The third kappa shape index (κ3) is 5.63. The zero-order valence-corrected chi connectivity index (χ0v) is 16.5. The highest BCUT2D eigenvalue weighted by Crippen LogP contribution is 2.58. The summed E-state index contributed by atoms with van der Waals surface area (Å²) in [5.74, 6) is 1.28. The summed E-state index contributed by atoms with van der Waals surface area (Å²) in [6, 6.07) is 0. The Morgan fingerprint density at radius 1 is 0.824 bits per heavy atom. The van der Waals surface area contributed by atoms with Gasteiger partial charge in [0.05, 0.1) is 0 Å². The minimum Gasteiger partial charge on any atom is -0.108 e. The zero-order chi connectivity index (χ0) is 13.5. The fraction of sp³-hybridized carbons (Fsp3) is 1.00. The Labute approximate surface area is 124 Å². The Kier molecular flexibility index (Phi) is 10.4. The van der Waals surface area contributed by atoms with E-state index in [-0.39, 0.29) is 0 Å². The summed E-state index contributed by atoms with van der Waals surface area (Å²) in [5, 5.41) is 0. The molecular formula is C12H28S4Si. The summed E-state index contributed by atoms with van der Waals surface area (Å²) in [6.07, 6.45) is 1.28. The van der Waals surface area contributed by atoms with Crippen molar-refractivity contribution in [1.82, 2.24) is 0 Å². The average Bonchev–Trinajstić information content (AvgIpc) is 2.21. The van der Waals surface area contributed by atoms with Gasteiger partial charge in [-0.05, 0) is 42.7 Å².